The summed E-state index contributed by atoms with van der Waals surface area (Å²) in [6.45, 7) is 15.4. The molecule has 1 radical (unpaired) electrons. The molecule has 0 spiro atoms. The van der Waals surface area contributed by atoms with Gasteiger partial charge in [-0.1, -0.05) is 55.4 Å². The molecule has 0 heterocycles. The summed E-state index contributed by atoms with van der Waals surface area (Å²) in [6, 6.07) is 0. The molecule has 2 N–H and O–H groups in total. The SMILES string of the molecule is CC(C)CC(=O)/C=C(\O)C(C)C.CC(C)CC(=O)/C=C(\O)C(C)C.[Cu]. The normalized spacial score (nSPS) is 12.2. The largest absolute Gasteiger partial charge is 0.512 e. The number of hydrogen-bond donors (Lipinski definition) is 2. The minimum absolute atomic E-state index is 0. The molecule has 0 aromatic heterocycles. The van der Waals surface area contributed by atoms with Crippen molar-refractivity contribution in [2.24, 2.45) is 23.7 Å². The zero-order valence-corrected chi connectivity index (χ0v) is 17.8. The molecule has 0 aliphatic carbocycles. The fourth-order valence-corrected chi connectivity index (χ4v) is 1.59. The second-order valence-electron chi connectivity index (χ2n) is 7.58. The molecule has 0 aromatic rings. The van der Waals surface area contributed by atoms with E-state index in [9.17, 15) is 19.8 Å². The predicted molar refractivity (Wildman–Crippen MR) is 100 cm³/mol. The molecule has 0 aromatic carbocycles. The fourth-order valence-electron chi connectivity index (χ4n) is 1.59. The number of aliphatic hydroxyl groups excluding tert-OH is 2. The molecule has 25 heavy (non-hydrogen) atoms. The summed E-state index contributed by atoms with van der Waals surface area (Å²) in [7, 11) is 0. The summed E-state index contributed by atoms with van der Waals surface area (Å²) >= 11 is 0. The van der Waals surface area contributed by atoms with Gasteiger partial charge >= 0.3 is 0 Å². The van der Waals surface area contributed by atoms with E-state index in [1.165, 1.54) is 12.2 Å². The third-order valence-corrected chi connectivity index (χ3v) is 3.02. The quantitative estimate of drug-likeness (QED) is 0.323. The summed E-state index contributed by atoms with van der Waals surface area (Å²) in [4.78, 5) is 22.3. The summed E-state index contributed by atoms with van der Waals surface area (Å²) in [5.74, 6) is 1.18. The first kappa shape index (κ1) is 28.7. The van der Waals surface area contributed by atoms with Crippen LogP contribution in [-0.4, -0.2) is 21.8 Å². The van der Waals surface area contributed by atoms with Crippen LogP contribution in [0.2, 0.25) is 0 Å². The van der Waals surface area contributed by atoms with E-state index in [2.05, 4.69) is 0 Å². The second kappa shape index (κ2) is 15.2. The van der Waals surface area contributed by atoms with Crippen molar-refractivity contribution in [1.82, 2.24) is 0 Å². The van der Waals surface area contributed by atoms with Crippen LogP contribution < -0.4 is 0 Å². The molecule has 0 aliphatic rings. The Morgan fingerprint density at radius 1 is 0.680 bits per heavy atom. The molecule has 0 atom stereocenters. The van der Waals surface area contributed by atoms with Gasteiger partial charge in [0.25, 0.3) is 0 Å². The fraction of sp³-hybridized carbons (Fsp3) is 0.700. The van der Waals surface area contributed by atoms with Gasteiger partial charge in [-0.3, -0.25) is 9.59 Å². The van der Waals surface area contributed by atoms with Gasteiger partial charge in [0.2, 0.25) is 0 Å². The Morgan fingerprint density at radius 3 is 1.08 bits per heavy atom. The Morgan fingerprint density at radius 2 is 0.920 bits per heavy atom. The van der Waals surface area contributed by atoms with Gasteiger partial charge in [-0.15, -0.1) is 0 Å². The number of allylic oxidation sites excluding steroid dienone is 4. The van der Waals surface area contributed by atoms with Crippen molar-refractivity contribution in [1.29, 1.82) is 0 Å². The number of hydrogen-bond acceptors (Lipinski definition) is 4. The van der Waals surface area contributed by atoms with E-state index in [-0.39, 0.29) is 52.0 Å². The third-order valence-electron chi connectivity index (χ3n) is 3.02. The molecular weight excluding hydrogens is 368 g/mol. The molecule has 151 valence electrons. The van der Waals surface area contributed by atoms with Gasteiger partial charge in [0.05, 0.1) is 11.5 Å². The zero-order chi connectivity index (χ0) is 19.4. The Hall–Kier alpha value is -1.06. The zero-order valence-electron chi connectivity index (χ0n) is 16.9. The molecule has 0 unspecified atom stereocenters. The van der Waals surface area contributed by atoms with Gasteiger partial charge in [0, 0.05) is 53.9 Å². The molecule has 0 aliphatic heterocycles. The van der Waals surface area contributed by atoms with Crippen molar-refractivity contribution >= 4 is 11.6 Å². The second-order valence-corrected chi connectivity index (χ2v) is 7.58. The molecule has 0 amide bonds. The number of aliphatic hydroxyl groups is 2. The van der Waals surface area contributed by atoms with E-state index in [1.54, 1.807) is 0 Å². The maximum absolute atomic E-state index is 11.1. The van der Waals surface area contributed by atoms with Gasteiger partial charge in [-0.25, -0.2) is 0 Å². The first-order chi connectivity index (χ1) is 10.9. The number of ketones is 2. The van der Waals surface area contributed by atoms with Crippen LogP contribution in [-0.2, 0) is 26.7 Å². The van der Waals surface area contributed by atoms with Gasteiger partial charge in [0.15, 0.2) is 11.6 Å². The summed E-state index contributed by atoms with van der Waals surface area (Å²) in [5, 5.41) is 18.5. The van der Waals surface area contributed by atoms with Crippen LogP contribution in [0.5, 0.6) is 0 Å². The Bertz CT molecular complexity index is 405. The first-order valence-electron chi connectivity index (χ1n) is 8.73. The predicted octanol–water partition coefficient (Wildman–Crippen LogP) is 5.40. The van der Waals surface area contributed by atoms with Gasteiger partial charge in [-0.05, 0) is 11.8 Å². The molecular formula is C20H36CuO4. The Labute approximate surface area is 164 Å². The standard InChI is InChI=1S/2C10H18O2.Cu/c2*1-7(2)5-9(11)6-10(12)8(3)4;/h2*6-8,12H,5H2,1-4H3;/b2*10-6-;. The Kier molecular flexibility index (Phi) is 17.5. The van der Waals surface area contributed by atoms with Crippen molar-refractivity contribution in [2.45, 2.75) is 68.2 Å². The van der Waals surface area contributed by atoms with E-state index in [4.69, 9.17) is 0 Å². The van der Waals surface area contributed by atoms with Crippen LogP contribution in [0.15, 0.2) is 23.7 Å². The van der Waals surface area contributed by atoms with E-state index in [0.717, 1.165) is 0 Å². The molecule has 0 bridgehead atoms. The van der Waals surface area contributed by atoms with E-state index in [0.29, 0.717) is 24.7 Å². The summed E-state index contributed by atoms with van der Waals surface area (Å²) < 4.78 is 0. The van der Waals surface area contributed by atoms with E-state index < -0.39 is 0 Å². The molecule has 0 rings (SSSR count). The number of carbonyl (C=O) groups excluding carboxylic acids is 2. The van der Waals surface area contributed by atoms with Crippen molar-refractivity contribution in [3.8, 4) is 0 Å². The van der Waals surface area contributed by atoms with Crippen molar-refractivity contribution in [2.75, 3.05) is 0 Å². The summed E-state index contributed by atoms with van der Waals surface area (Å²) in [5.41, 5.74) is 0. The van der Waals surface area contributed by atoms with Crippen LogP contribution in [0.4, 0.5) is 0 Å². The average Bonchev–Trinajstić information content (AvgIpc) is 2.36. The monoisotopic (exact) mass is 403 g/mol. The molecule has 4 nitrogen and oxygen atoms in total. The third kappa shape index (κ3) is 19.1. The van der Waals surface area contributed by atoms with Crippen LogP contribution in [0.3, 0.4) is 0 Å². The van der Waals surface area contributed by atoms with Crippen LogP contribution in [0.1, 0.15) is 68.2 Å². The topological polar surface area (TPSA) is 74.6 Å². The van der Waals surface area contributed by atoms with Crippen LogP contribution >= 0.6 is 0 Å². The van der Waals surface area contributed by atoms with Crippen LogP contribution in [0.25, 0.3) is 0 Å². The molecule has 0 fully saturated rings. The maximum Gasteiger partial charge on any atom is 0.159 e. The van der Waals surface area contributed by atoms with Gasteiger partial charge in [-0.2, -0.15) is 0 Å². The average molecular weight is 404 g/mol. The minimum Gasteiger partial charge on any atom is -0.512 e. The van der Waals surface area contributed by atoms with Gasteiger partial charge in [0.1, 0.15) is 0 Å². The number of carbonyl (C=O) groups is 2. The molecule has 0 saturated heterocycles. The van der Waals surface area contributed by atoms with Crippen LogP contribution in [0, 0.1) is 23.7 Å². The van der Waals surface area contributed by atoms with Gasteiger partial charge < -0.3 is 10.2 Å². The first-order valence-corrected chi connectivity index (χ1v) is 8.73. The minimum atomic E-state index is 0. The smallest absolute Gasteiger partial charge is 0.159 e. The maximum atomic E-state index is 11.1. The molecule has 5 heteroatoms. The van der Waals surface area contributed by atoms with Crippen molar-refractivity contribution < 1.29 is 36.9 Å². The molecule has 0 saturated carbocycles. The Balaban J connectivity index is -0.000000372. The number of rotatable bonds is 8. The van der Waals surface area contributed by atoms with Crippen molar-refractivity contribution in [3.05, 3.63) is 23.7 Å². The van der Waals surface area contributed by atoms with E-state index >= 15 is 0 Å². The summed E-state index contributed by atoms with van der Waals surface area (Å²) in [6.07, 6.45) is 3.70. The van der Waals surface area contributed by atoms with Crippen molar-refractivity contribution in [3.63, 3.8) is 0 Å². The van der Waals surface area contributed by atoms with E-state index in [1.807, 2.05) is 55.4 Å².